The molecule has 0 saturated heterocycles. The van der Waals surface area contributed by atoms with Crippen molar-refractivity contribution < 1.29 is 20.1 Å². The first kappa shape index (κ1) is 47.4. The molecule has 0 aromatic heterocycles. The predicted molar refractivity (Wildman–Crippen MR) is 217 cm³/mol. The van der Waals surface area contributed by atoms with Crippen LogP contribution in [-0.2, 0) is 4.79 Å². The Kier molecular flexibility index (Phi) is 32.4. The molecule has 1 aliphatic carbocycles. The van der Waals surface area contributed by atoms with Gasteiger partial charge in [0.05, 0.1) is 18.1 Å². The van der Waals surface area contributed by atoms with Crippen molar-refractivity contribution in [3.63, 3.8) is 0 Å². The summed E-state index contributed by atoms with van der Waals surface area (Å²) in [6.45, 7) is 6.19. The monoisotopic (exact) mass is 707 g/mol. The minimum absolute atomic E-state index is 0.0805. The van der Waals surface area contributed by atoms with E-state index in [0.29, 0.717) is 18.8 Å². The number of aliphatic hydroxyl groups is 2. The lowest BCUT2D eigenvalue weighted by molar-refractivity contribution is -0.146. The Labute approximate surface area is 313 Å². The maximum Gasteiger partial charge on any atom is 0.309 e. The van der Waals surface area contributed by atoms with Gasteiger partial charge >= 0.3 is 5.97 Å². The molecule has 3 N–H and O–H groups in total. The summed E-state index contributed by atoms with van der Waals surface area (Å²) in [5.41, 5.74) is 0. The predicted octanol–water partition coefficient (Wildman–Crippen LogP) is 14.4. The smallest absolute Gasteiger partial charge is 0.309 e. The van der Waals surface area contributed by atoms with E-state index in [0.717, 1.165) is 37.5 Å². The van der Waals surface area contributed by atoms with E-state index >= 15 is 0 Å². The highest BCUT2D eigenvalue weighted by Gasteiger charge is 2.35. The highest BCUT2D eigenvalue weighted by Crippen LogP contribution is 2.45. The van der Waals surface area contributed by atoms with Crippen LogP contribution in [0.3, 0.4) is 0 Å². The second kappa shape index (κ2) is 34.2. The van der Waals surface area contributed by atoms with Crippen LogP contribution in [0.15, 0.2) is 0 Å². The number of hydrogen-bond acceptors (Lipinski definition) is 3. The summed E-state index contributed by atoms with van der Waals surface area (Å²) in [6, 6.07) is 0. The van der Waals surface area contributed by atoms with Crippen LogP contribution in [0.2, 0.25) is 0 Å². The minimum Gasteiger partial charge on any atom is -0.481 e. The average Bonchev–Trinajstić information content (AvgIpc) is 3.86. The normalized spacial score (nSPS) is 18.3. The van der Waals surface area contributed by atoms with E-state index in [4.69, 9.17) is 5.11 Å². The van der Waals surface area contributed by atoms with Gasteiger partial charge in [0.1, 0.15) is 0 Å². The Bertz CT molecular complexity index is 725. The van der Waals surface area contributed by atoms with Crippen molar-refractivity contribution in [2.24, 2.45) is 23.7 Å². The van der Waals surface area contributed by atoms with Crippen molar-refractivity contribution >= 4 is 5.97 Å². The number of carbonyl (C=O) groups is 1. The molecule has 0 aliphatic heterocycles. The van der Waals surface area contributed by atoms with Gasteiger partial charge in [-0.05, 0) is 43.4 Å². The quantitative estimate of drug-likeness (QED) is 0.0554. The van der Waals surface area contributed by atoms with Gasteiger partial charge in [-0.1, -0.05) is 226 Å². The van der Waals surface area contributed by atoms with Crippen molar-refractivity contribution in [1.82, 2.24) is 0 Å². The summed E-state index contributed by atoms with van der Waals surface area (Å²) in [4.78, 5) is 11.1. The van der Waals surface area contributed by atoms with E-state index in [-0.39, 0.29) is 6.10 Å². The van der Waals surface area contributed by atoms with Crippen LogP contribution in [0.4, 0.5) is 0 Å². The number of hydrogen-bond donors (Lipinski definition) is 3. The van der Waals surface area contributed by atoms with Gasteiger partial charge in [-0.2, -0.15) is 0 Å². The fourth-order valence-corrected chi connectivity index (χ4v) is 8.33. The molecule has 1 rings (SSSR count). The molecule has 0 heterocycles. The number of carboxylic acids is 1. The number of carboxylic acid groups (broad SMARTS) is 1. The molecule has 4 nitrogen and oxygen atoms in total. The van der Waals surface area contributed by atoms with Crippen LogP contribution in [0.1, 0.15) is 252 Å². The van der Waals surface area contributed by atoms with Crippen LogP contribution in [0.25, 0.3) is 0 Å². The van der Waals surface area contributed by atoms with Crippen molar-refractivity contribution in [2.45, 2.75) is 264 Å². The minimum atomic E-state index is -0.861. The van der Waals surface area contributed by atoms with Gasteiger partial charge in [0.15, 0.2) is 0 Å². The Morgan fingerprint density at radius 3 is 1.02 bits per heavy atom. The average molecular weight is 707 g/mol. The molecule has 0 aromatic carbocycles. The fraction of sp³-hybridized carbons (Fsp3) is 0.978. The molecule has 0 radical (unpaired) electrons. The first-order valence-electron chi connectivity index (χ1n) is 23.0. The first-order valence-corrected chi connectivity index (χ1v) is 23.0. The fourth-order valence-electron chi connectivity index (χ4n) is 8.33. The van der Waals surface area contributed by atoms with E-state index in [1.165, 1.54) is 193 Å². The van der Waals surface area contributed by atoms with Gasteiger partial charge < -0.3 is 15.3 Å². The SMILES string of the molecule is CC[C@H](C)[C@@H](O)CCCCCCCCCCCCCCCCCC[C@@H]1C[C@@H]1CCCCCCCCCCCCCCC[C@@H](O)[C@@H](CC)C(=O)O. The van der Waals surface area contributed by atoms with Gasteiger partial charge in [0.2, 0.25) is 0 Å². The van der Waals surface area contributed by atoms with Crippen molar-refractivity contribution in [3.05, 3.63) is 0 Å². The standard InChI is InChI=1S/C46H90O4/c1-4-40(3)44(47)37-33-29-25-21-17-13-9-7-6-8-11-15-19-23-27-31-35-41-39-42(41)36-32-28-24-20-16-12-10-14-18-22-26-30-34-38-45(48)43(5-2)46(49)50/h40-45,47-48H,4-39H2,1-3H3,(H,49,50)/t40-,41+,42-,43+,44-,45+/m0/s1. The molecule has 1 saturated carbocycles. The van der Waals surface area contributed by atoms with Crippen LogP contribution in [0.5, 0.6) is 0 Å². The summed E-state index contributed by atoms with van der Waals surface area (Å²) in [5, 5.41) is 29.2. The highest BCUT2D eigenvalue weighted by molar-refractivity contribution is 5.70. The first-order chi connectivity index (χ1) is 24.4. The van der Waals surface area contributed by atoms with Crippen LogP contribution < -0.4 is 0 Å². The van der Waals surface area contributed by atoms with Crippen LogP contribution >= 0.6 is 0 Å². The maximum atomic E-state index is 11.1. The lowest BCUT2D eigenvalue weighted by Gasteiger charge is -2.17. The lowest BCUT2D eigenvalue weighted by Crippen LogP contribution is -2.27. The van der Waals surface area contributed by atoms with E-state index in [2.05, 4.69) is 13.8 Å². The Balaban J connectivity index is 1.70. The number of aliphatic carboxylic acids is 1. The lowest BCUT2D eigenvalue weighted by atomic mass is 9.95. The molecule has 1 aliphatic rings. The molecule has 1 fully saturated rings. The summed E-state index contributed by atoms with van der Waals surface area (Å²) in [7, 11) is 0. The van der Waals surface area contributed by atoms with E-state index in [1.807, 2.05) is 6.92 Å². The zero-order valence-corrected chi connectivity index (χ0v) is 34.2. The molecule has 0 amide bonds. The van der Waals surface area contributed by atoms with Gasteiger partial charge in [0, 0.05) is 0 Å². The largest absolute Gasteiger partial charge is 0.481 e. The molecule has 50 heavy (non-hydrogen) atoms. The molecule has 0 aromatic rings. The van der Waals surface area contributed by atoms with Crippen LogP contribution in [0, 0.1) is 23.7 Å². The zero-order chi connectivity index (χ0) is 36.5. The van der Waals surface area contributed by atoms with Gasteiger partial charge in [0.25, 0.3) is 0 Å². The summed E-state index contributed by atoms with van der Waals surface area (Å²) in [6.07, 6.45) is 47.0. The Hall–Kier alpha value is -0.610. The topological polar surface area (TPSA) is 77.8 Å². The molecule has 298 valence electrons. The number of unbranched alkanes of at least 4 members (excludes halogenated alkanes) is 27. The third-order valence-electron chi connectivity index (χ3n) is 12.5. The van der Waals surface area contributed by atoms with E-state index < -0.39 is 18.0 Å². The Morgan fingerprint density at radius 2 is 0.740 bits per heavy atom. The molecule has 0 spiro atoms. The van der Waals surface area contributed by atoms with Crippen molar-refractivity contribution in [1.29, 1.82) is 0 Å². The molecule has 0 bridgehead atoms. The van der Waals surface area contributed by atoms with E-state index in [1.54, 1.807) is 0 Å². The second-order valence-electron chi connectivity index (χ2n) is 17.0. The molecule has 0 unspecified atom stereocenters. The molecular formula is C46H90O4. The number of aliphatic hydroxyl groups excluding tert-OH is 2. The Morgan fingerprint density at radius 1 is 0.460 bits per heavy atom. The van der Waals surface area contributed by atoms with Gasteiger partial charge in [-0.3, -0.25) is 4.79 Å². The summed E-state index contributed by atoms with van der Waals surface area (Å²) < 4.78 is 0. The number of rotatable bonds is 40. The molecular weight excluding hydrogens is 617 g/mol. The van der Waals surface area contributed by atoms with Gasteiger partial charge in [-0.25, -0.2) is 0 Å². The van der Waals surface area contributed by atoms with Crippen molar-refractivity contribution in [3.8, 4) is 0 Å². The summed E-state index contributed by atoms with van der Waals surface area (Å²) >= 11 is 0. The maximum absolute atomic E-state index is 11.1. The third kappa shape index (κ3) is 28.0. The summed E-state index contributed by atoms with van der Waals surface area (Å²) in [5.74, 6) is 1.17. The third-order valence-corrected chi connectivity index (χ3v) is 12.5. The van der Waals surface area contributed by atoms with Gasteiger partial charge in [-0.15, -0.1) is 0 Å². The van der Waals surface area contributed by atoms with Crippen molar-refractivity contribution in [2.75, 3.05) is 0 Å². The van der Waals surface area contributed by atoms with Crippen LogP contribution in [-0.4, -0.2) is 33.5 Å². The second-order valence-corrected chi connectivity index (χ2v) is 17.0. The zero-order valence-electron chi connectivity index (χ0n) is 34.2. The molecule has 4 heteroatoms. The van der Waals surface area contributed by atoms with E-state index in [9.17, 15) is 15.0 Å². The highest BCUT2D eigenvalue weighted by atomic mass is 16.4. The molecule has 6 atom stereocenters.